The lowest BCUT2D eigenvalue weighted by Crippen LogP contribution is -2.30. The Balaban J connectivity index is 2.05. The van der Waals surface area contributed by atoms with Crippen molar-refractivity contribution in [2.45, 2.75) is 38.1 Å². The molecule has 0 N–H and O–H groups in total. The van der Waals surface area contributed by atoms with E-state index in [0.29, 0.717) is 0 Å². The van der Waals surface area contributed by atoms with Crippen LogP contribution in [-0.2, 0) is 0 Å². The third-order valence-electron chi connectivity index (χ3n) is 2.95. The van der Waals surface area contributed by atoms with E-state index in [1.807, 2.05) is 0 Å². The Morgan fingerprint density at radius 3 is 2.56 bits per heavy atom. The average molecular weight is 125 g/mol. The topological polar surface area (TPSA) is 3.24 Å². The van der Waals surface area contributed by atoms with Crippen molar-refractivity contribution in [3.63, 3.8) is 0 Å². The van der Waals surface area contributed by atoms with Crippen LogP contribution in [0.2, 0.25) is 0 Å². The first-order valence-corrected chi connectivity index (χ1v) is 4.12. The summed E-state index contributed by atoms with van der Waals surface area (Å²) in [4.78, 5) is 2.66. The first kappa shape index (κ1) is 5.72. The molecule has 2 rings (SSSR count). The standard InChI is InChI=1S/C8H15N/c1-2-9-7-3-4-8(9)5-6-8/h2-7H2,1H3. The van der Waals surface area contributed by atoms with Crippen molar-refractivity contribution in [2.75, 3.05) is 13.1 Å². The predicted molar refractivity (Wildman–Crippen MR) is 38.4 cm³/mol. The molecule has 1 aliphatic heterocycles. The molecule has 0 bridgehead atoms. The van der Waals surface area contributed by atoms with Gasteiger partial charge in [-0.1, -0.05) is 6.92 Å². The second kappa shape index (κ2) is 1.72. The highest BCUT2D eigenvalue weighted by Gasteiger charge is 2.49. The lowest BCUT2D eigenvalue weighted by molar-refractivity contribution is 0.249. The van der Waals surface area contributed by atoms with Crippen LogP contribution < -0.4 is 0 Å². The van der Waals surface area contributed by atoms with Crippen molar-refractivity contribution in [1.82, 2.24) is 4.90 Å². The minimum atomic E-state index is 0.745. The Kier molecular flexibility index (Phi) is 1.10. The molecule has 1 heterocycles. The van der Waals surface area contributed by atoms with Gasteiger partial charge in [-0.2, -0.15) is 0 Å². The highest BCUT2D eigenvalue weighted by molar-refractivity contribution is 5.06. The molecule has 0 aromatic heterocycles. The molecule has 0 aromatic carbocycles. The maximum absolute atomic E-state index is 2.66. The molecule has 2 fully saturated rings. The van der Waals surface area contributed by atoms with E-state index in [9.17, 15) is 0 Å². The highest BCUT2D eigenvalue weighted by atomic mass is 15.2. The summed E-state index contributed by atoms with van der Waals surface area (Å²) >= 11 is 0. The van der Waals surface area contributed by atoms with Crippen molar-refractivity contribution in [3.8, 4) is 0 Å². The molecule has 52 valence electrons. The van der Waals surface area contributed by atoms with E-state index in [0.717, 1.165) is 5.54 Å². The highest BCUT2D eigenvalue weighted by Crippen LogP contribution is 2.48. The quantitative estimate of drug-likeness (QED) is 0.515. The molecule has 1 saturated carbocycles. The third kappa shape index (κ3) is 0.710. The van der Waals surface area contributed by atoms with Gasteiger partial charge in [0.25, 0.3) is 0 Å². The molecule has 1 spiro atoms. The molecular formula is C8H15N. The molecule has 1 heteroatoms. The fourth-order valence-corrected chi connectivity index (χ4v) is 2.20. The number of nitrogens with zero attached hydrogens (tertiary/aromatic N) is 1. The Morgan fingerprint density at radius 2 is 2.11 bits per heavy atom. The summed E-state index contributed by atoms with van der Waals surface area (Å²) in [6.45, 7) is 4.93. The van der Waals surface area contributed by atoms with Gasteiger partial charge in [0.15, 0.2) is 0 Å². The summed E-state index contributed by atoms with van der Waals surface area (Å²) in [5.41, 5.74) is 0.745. The lowest BCUT2D eigenvalue weighted by atomic mass is 10.2. The summed E-state index contributed by atoms with van der Waals surface area (Å²) in [6.07, 6.45) is 5.91. The fourth-order valence-electron chi connectivity index (χ4n) is 2.20. The average Bonchev–Trinajstić information content (AvgIpc) is 2.45. The lowest BCUT2D eigenvalue weighted by Gasteiger charge is -2.21. The SMILES string of the molecule is CCN1CCCC12CC2. The Labute approximate surface area is 57.0 Å². The van der Waals surface area contributed by atoms with Crippen LogP contribution in [0.1, 0.15) is 32.6 Å². The van der Waals surface area contributed by atoms with Crippen LogP contribution in [0.5, 0.6) is 0 Å². The van der Waals surface area contributed by atoms with E-state index in [-0.39, 0.29) is 0 Å². The van der Waals surface area contributed by atoms with E-state index in [1.165, 1.54) is 38.8 Å². The van der Waals surface area contributed by atoms with Gasteiger partial charge in [-0.3, -0.25) is 4.90 Å². The van der Waals surface area contributed by atoms with Crippen LogP contribution in [-0.4, -0.2) is 23.5 Å². The minimum absolute atomic E-state index is 0.745. The van der Waals surface area contributed by atoms with Crippen molar-refractivity contribution in [3.05, 3.63) is 0 Å². The van der Waals surface area contributed by atoms with Gasteiger partial charge in [-0.15, -0.1) is 0 Å². The van der Waals surface area contributed by atoms with E-state index in [2.05, 4.69) is 11.8 Å². The van der Waals surface area contributed by atoms with E-state index >= 15 is 0 Å². The van der Waals surface area contributed by atoms with Crippen molar-refractivity contribution in [2.24, 2.45) is 0 Å². The summed E-state index contributed by atoms with van der Waals surface area (Å²) in [5.74, 6) is 0. The fraction of sp³-hybridized carbons (Fsp3) is 1.00. The van der Waals surface area contributed by atoms with Crippen LogP contribution in [0, 0.1) is 0 Å². The smallest absolute Gasteiger partial charge is 0.0211 e. The summed E-state index contributed by atoms with van der Waals surface area (Å²) in [7, 11) is 0. The molecule has 9 heavy (non-hydrogen) atoms. The number of likely N-dealkylation sites (tertiary alicyclic amines) is 1. The number of hydrogen-bond acceptors (Lipinski definition) is 1. The zero-order valence-corrected chi connectivity index (χ0v) is 6.19. The Bertz CT molecular complexity index is 116. The molecular weight excluding hydrogens is 110 g/mol. The van der Waals surface area contributed by atoms with Crippen LogP contribution in [0.3, 0.4) is 0 Å². The zero-order valence-electron chi connectivity index (χ0n) is 6.19. The van der Waals surface area contributed by atoms with Gasteiger partial charge in [-0.05, 0) is 38.8 Å². The second-order valence-electron chi connectivity index (χ2n) is 3.41. The molecule has 1 nitrogen and oxygen atoms in total. The minimum Gasteiger partial charge on any atom is -0.298 e. The molecule has 1 saturated heterocycles. The van der Waals surface area contributed by atoms with Crippen LogP contribution in [0.4, 0.5) is 0 Å². The first-order valence-electron chi connectivity index (χ1n) is 4.12. The van der Waals surface area contributed by atoms with E-state index in [4.69, 9.17) is 0 Å². The zero-order chi connectivity index (χ0) is 6.32. The second-order valence-corrected chi connectivity index (χ2v) is 3.41. The number of rotatable bonds is 1. The van der Waals surface area contributed by atoms with Gasteiger partial charge in [0.05, 0.1) is 0 Å². The molecule has 0 aromatic rings. The van der Waals surface area contributed by atoms with E-state index in [1.54, 1.807) is 0 Å². The maximum atomic E-state index is 2.66. The summed E-state index contributed by atoms with van der Waals surface area (Å²) < 4.78 is 0. The number of hydrogen-bond donors (Lipinski definition) is 0. The van der Waals surface area contributed by atoms with Gasteiger partial charge in [0.2, 0.25) is 0 Å². The monoisotopic (exact) mass is 125 g/mol. The van der Waals surface area contributed by atoms with Crippen molar-refractivity contribution >= 4 is 0 Å². The summed E-state index contributed by atoms with van der Waals surface area (Å²) in [5, 5.41) is 0. The maximum Gasteiger partial charge on any atom is 0.0211 e. The van der Waals surface area contributed by atoms with Gasteiger partial charge < -0.3 is 0 Å². The van der Waals surface area contributed by atoms with Crippen LogP contribution in [0.25, 0.3) is 0 Å². The third-order valence-corrected chi connectivity index (χ3v) is 2.95. The molecule has 0 amide bonds. The summed E-state index contributed by atoms with van der Waals surface area (Å²) in [6, 6.07) is 0. The van der Waals surface area contributed by atoms with Crippen molar-refractivity contribution < 1.29 is 0 Å². The van der Waals surface area contributed by atoms with Gasteiger partial charge in [0.1, 0.15) is 0 Å². The first-order chi connectivity index (χ1) is 4.37. The van der Waals surface area contributed by atoms with Gasteiger partial charge >= 0.3 is 0 Å². The van der Waals surface area contributed by atoms with E-state index < -0.39 is 0 Å². The molecule has 1 aliphatic carbocycles. The molecule has 0 radical (unpaired) electrons. The molecule has 0 atom stereocenters. The van der Waals surface area contributed by atoms with Crippen molar-refractivity contribution in [1.29, 1.82) is 0 Å². The van der Waals surface area contributed by atoms with Crippen LogP contribution >= 0.6 is 0 Å². The van der Waals surface area contributed by atoms with Gasteiger partial charge in [-0.25, -0.2) is 0 Å². The van der Waals surface area contributed by atoms with Gasteiger partial charge in [0, 0.05) is 5.54 Å². The molecule has 0 unspecified atom stereocenters. The predicted octanol–water partition coefficient (Wildman–Crippen LogP) is 1.63. The Morgan fingerprint density at radius 1 is 1.33 bits per heavy atom. The molecule has 2 aliphatic rings. The normalized spacial score (nSPS) is 31.7. The Hall–Kier alpha value is -0.0400. The largest absolute Gasteiger partial charge is 0.298 e. The van der Waals surface area contributed by atoms with Crippen LogP contribution in [0.15, 0.2) is 0 Å².